The minimum Gasteiger partial charge on any atom is -0.399 e. The van der Waals surface area contributed by atoms with Crippen LogP contribution in [-0.4, -0.2) is 96.6 Å². The van der Waals surface area contributed by atoms with Crippen LogP contribution in [0.15, 0.2) is 126 Å². The lowest BCUT2D eigenvalue weighted by atomic mass is 9.77. The maximum atomic E-state index is 12.9. The highest BCUT2D eigenvalue weighted by Gasteiger charge is 2.52. The second-order valence-electron chi connectivity index (χ2n) is 19.9. The van der Waals surface area contributed by atoms with E-state index in [1.807, 2.05) is 115 Å². The van der Waals surface area contributed by atoms with Crippen molar-refractivity contribution in [2.24, 2.45) is 0 Å². The predicted octanol–water partition coefficient (Wildman–Crippen LogP) is 10.1. The van der Waals surface area contributed by atoms with E-state index in [9.17, 15) is 14.4 Å². The van der Waals surface area contributed by atoms with Crippen molar-refractivity contribution >= 4 is 74.2 Å². The van der Waals surface area contributed by atoms with Gasteiger partial charge in [-0.1, -0.05) is 71.8 Å². The van der Waals surface area contributed by atoms with Crippen molar-refractivity contribution < 1.29 is 28.4 Å². The van der Waals surface area contributed by atoms with E-state index in [-0.39, 0.29) is 36.2 Å². The largest absolute Gasteiger partial charge is 0.496 e. The van der Waals surface area contributed by atoms with Gasteiger partial charge >= 0.3 is 7.12 Å². The molecule has 3 heterocycles. The second kappa shape index (κ2) is 25.9. The molecule has 6 aromatic rings. The van der Waals surface area contributed by atoms with Gasteiger partial charge in [-0.2, -0.15) is 0 Å². The molecule has 1 aromatic heterocycles. The Hall–Kier alpha value is -6.07. The average Bonchev–Trinajstić information content (AvgIpc) is 3.61. The van der Waals surface area contributed by atoms with E-state index in [4.69, 9.17) is 42.8 Å². The molecule has 0 bridgehead atoms. The van der Waals surface area contributed by atoms with Crippen LogP contribution in [0.3, 0.4) is 0 Å². The Kier molecular flexibility index (Phi) is 20.0. The molecule has 9 rings (SSSR count). The monoisotopic (exact) mass is 1090 g/mol. The summed E-state index contributed by atoms with van der Waals surface area (Å²) in [5.41, 5.74) is 29.1. The summed E-state index contributed by atoms with van der Waals surface area (Å²) in [6.07, 6.45) is 4.80. The zero-order valence-corrected chi connectivity index (χ0v) is 46.2. The number of nitrogens with zero attached hydrogens (tertiary/aromatic N) is 3. The maximum Gasteiger partial charge on any atom is 0.496 e. The number of halogens is 2. The molecule has 74 heavy (non-hydrogen) atoms. The van der Waals surface area contributed by atoms with Gasteiger partial charge in [-0.05, 0) is 167 Å². The van der Waals surface area contributed by atoms with Crippen molar-refractivity contribution in [3.8, 4) is 11.3 Å². The topological polar surface area (TPSA) is 188 Å². The Labute approximate surface area is 450 Å². The third-order valence-electron chi connectivity index (χ3n) is 13.6. The molecule has 7 N–H and O–H groups in total. The fourth-order valence-electron chi connectivity index (χ4n) is 8.47. The van der Waals surface area contributed by atoms with E-state index < -0.39 is 5.24 Å². The number of anilines is 3. The van der Waals surface area contributed by atoms with Gasteiger partial charge in [-0.15, -0.1) is 0 Å². The molecule has 0 unspecified atom stereocenters. The number of aryl methyl sites for hydroxylation is 4. The number of hydrogen-bond donors (Lipinski definition) is 4. The van der Waals surface area contributed by atoms with E-state index in [1.165, 1.54) is 22.8 Å². The molecule has 1 atom stereocenters. The van der Waals surface area contributed by atoms with Crippen LogP contribution < -0.4 is 28.0 Å². The number of carbonyl (C=O) groups is 3. The summed E-state index contributed by atoms with van der Waals surface area (Å²) in [4.78, 5) is 44.7. The molecule has 2 aliphatic heterocycles. The third-order valence-corrected chi connectivity index (χ3v) is 14.5. The lowest BCUT2D eigenvalue weighted by Gasteiger charge is -2.32. The number of carbonyl (C=O) groups excluding carboxylic acids is 3. The molecular weight excluding hydrogens is 1020 g/mol. The Morgan fingerprint density at radius 1 is 0.770 bits per heavy atom. The standard InChI is InChI=1S/C23H23N3O.C15H19ClN2O3.C13H20BNO2.C7H8BrN/c1-15-9-10-20(24)19(13-15)22-14-17(11-12-25-22)23(27)26-21-8-4-6-16-5-2-3-7-18(16)21;1-17(5-6-18-7-9-21-10-8-18)15(20)13-4-2-3-12(11-13)14(16)19;1-9-6-7-11(15)10(8-9)14-16-12(2,3)13(4,5)17-14;1-5-2-3-7(9)6(8)4-5/h2-3,5,7,9-14,21H,4,6,8,24H2,1H3,(H,26,27);2-4,11H,5-10H2,1H3;6-8H,15H2,1-5H3;2-4H,9H2,1H3/t21-;;;/m0.../s1. The summed E-state index contributed by atoms with van der Waals surface area (Å²) in [5, 5.41) is 2.64. The first-order valence-electron chi connectivity index (χ1n) is 24.9. The number of morpholine rings is 1. The molecule has 1 aliphatic carbocycles. The zero-order valence-electron chi connectivity index (χ0n) is 43.8. The van der Waals surface area contributed by atoms with Gasteiger partial charge in [0.2, 0.25) is 0 Å². The van der Waals surface area contributed by atoms with Gasteiger partial charge in [-0.3, -0.25) is 24.3 Å². The Bertz CT molecular complexity index is 2900. The summed E-state index contributed by atoms with van der Waals surface area (Å²) >= 11 is 8.76. The van der Waals surface area contributed by atoms with Crippen LogP contribution in [0.5, 0.6) is 0 Å². The molecule has 3 aliphatic rings. The van der Waals surface area contributed by atoms with Gasteiger partial charge in [0, 0.05) is 88.7 Å². The number of hydrogen-bond acceptors (Lipinski definition) is 11. The number of ether oxygens (including phenoxy) is 1. The molecule has 2 fully saturated rings. The molecule has 0 spiro atoms. The van der Waals surface area contributed by atoms with Crippen LogP contribution in [0, 0.1) is 20.8 Å². The fraction of sp³-hybridized carbons (Fsp3) is 0.345. The highest BCUT2D eigenvalue weighted by Crippen LogP contribution is 2.37. The lowest BCUT2D eigenvalue weighted by molar-refractivity contribution is 0.00578. The van der Waals surface area contributed by atoms with Gasteiger partial charge in [0.1, 0.15) is 0 Å². The molecule has 13 nitrogen and oxygen atoms in total. The SMILES string of the molecule is CN(CCN1CCOCC1)C(=O)c1cccc(C(=O)Cl)c1.Cc1ccc(N)c(-c2cc(C(=O)N[C@H]3CCCc4ccccc43)ccn2)c1.Cc1ccc(N)c(B2OC(C)(C)C(C)(C)O2)c1.Cc1ccc(N)c(Br)c1. The quantitative estimate of drug-likeness (QED) is 0.0613. The van der Waals surface area contributed by atoms with Crippen LogP contribution in [0.4, 0.5) is 17.1 Å². The van der Waals surface area contributed by atoms with Crippen molar-refractivity contribution in [1.82, 2.24) is 20.1 Å². The van der Waals surface area contributed by atoms with Gasteiger partial charge in [0.05, 0.1) is 36.2 Å². The number of rotatable bonds is 9. The molecule has 0 radical (unpaired) electrons. The number of pyridine rings is 1. The lowest BCUT2D eigenvalue weighted by Crippen LogP contribution is -2.41. The number of amides is 2. The smallest absolute Gasteiger partial charge is 0.399 e. The van der Waals surface area contributed by atoms with E-state index >= 15 is 0 Å². The van der Waals surface area contributed by atoms with Crippen LogP contribution in [0.1, 0.15) is 105 Å². The van der Waals surface area contributed by atoms with Gasteiger partial charge in [0.15, 0.2) is 0 Å². The summed E-state index contributed by atoms with van der Waals surface area (Å²) < 4.78 is 18.2. The van der Waals surface area contributed by atoms with E-state index in [1.54, 1.807) is 42.4 Å². The van der Waals surface area contributed by atoms with E-state index in [0.717, 1.165) is 84.4 Å². The van der Waals surface area contributed by atoms with Crippen LogP contribution in [0.25, 0.3) is 11.3 Å². The fourth-order valence-corrected chi connectivity index (χ4v) is 9.08. The first kappa shape index (κ1) is 57.2. The normalized spacial score (nSPS) is 16.4. The van der Waals surface area contributed by atoms with Gasteiger partial charge in [0.25, 0.3) is 17.1 Å². The molecule has 0 saturated carbocycles. The van der Waals surface area contributed by atoms with Crippen LogP contribution >= 0.6 is 27.5 Å². The van der Waals surface area contributed by atoms with Crippen molar-refractivity contribution in [2.45, 2.75) is 85.0 Å². The minimum atomic E-state index is -0.555. The maximum absolute atomic E-state index is 12.9. The number of nitrogens with one attached hydrogen (secondary N) is 1. The number of likely N-dealkylation sites (N-methyl/N-ethyl adjacent to an activating group) is 1. The zero-order chi connectivity index (χ0) is 53.7. The number of nitrogens with two attached hydrogens (primary N) is 3. The average molecular weight is 1090 g/mol. The predicted molar refractivity (Wildman–Crippen MR) is 304 cm³/mol. The minimum absolute atomic E-state index is 0.0584. The van der Waals surface area contributed by atoms with Gasteiger partial charge < -0.3 is 41.5 Å². The van der Waals surface area contributed by atoms with Crippen LogP contribution in [-0.2, 0) is 20.5 Å². The van der Waals surface area contributed by atoms with Crippen LogP contribution in [0.2, 0.25) is 0 Å². The Balaban J connectivity index is 0.000000170. The summed E-state index contributed by atoms with van der Waals surface area (Å²) in [6, 6.07) is 36.1. The number of aromatic nitrogens is 1. The molecule has 2 amide bonds. The number of benzene rings is 5. The first-order chi connectivity index (χ1) is 35.1. The Morgan fingerprint density at radius 2 is 1.39 bits per heavy atom. The van der Waals surface area contributed by atoms with Crippen molar-refractivity contribution in [1.29, 1.82) is 0 Å². The summed E-state index contributed by atoms with van der Waals surface area (Å²) in [5.74, 6) is -0.186. The number of fused-ring (bicyclic) bond motifs is 1. The number of nitrogen functional groups attached to an aromatic ring is 3. The Morgan fingerprint density at radius 3 is 2.05 bits per heavy atom. The van der Waals surface area contributed by atoms with E-state index in [2.05, 4.69) is 49.3 Å². The summed E-state index contributed by atoms with van der Waals surface area (Å²) in [7, 11) is 1.39. The molecular formula is C58H70BBrClN7O6. The van der Waals surface area contributed by atoms with Crippen molar-refractivity contribution in [2.75, 3.05) is 63.6 Å². The van der Waals surface area contributed by atoms with Crippen molar-refractivity contribution in [3.05, 3.63) is 170 Å². The first-order valence-corrected chi connectivity index (χ1v) is 26.1. The molecule has 5 aromatic carbocycles. The highest BCUT2D eigenvalue weighted by molar-refractivity contribution is 9.10. The molecule has 16 heteroatoms. The van der Waals surface area contributed by atoms with Gasteiger partial charge in [-0.25, -0.2) is 0 Å². The summed E-state index contributed by atoms with van der Waals surface area (Å²) in [6.45, 7) is 19.0. The highest BCUT2D eigenvalue weighted by atomic mass is 79.9. The molecule has 390 valence electrons. The van der Waals surface area contributed by atoms with Crippen molar-refractivity contribution in [3.63, 3.8) is 0 Å². The van der Waals surface area contributed by atoms with E-state index in [0.29, 0.717) is 40.3 Å². The second-order valence-corrected chi connectivity index (χ2v) is 21.1. The molecule has 2 saturated heterocycles. The third kappa shape index (κ3) is 15.5.